The van der Waals surface area contributed by atoms with Gasteiger partial charge in [-0.1, -0.05) is 39.0 Å². The second kappa shape index (κ2) is 6.92. The van der Waals surface area contributed by atoms with E-state index in [0.717, 1.165) is 22.0 Å². The largest absolute Gasteiger partial charge is 0.496 e. The Balaban J connectivity index is 1.92. The molecule has 2 aromatic rings. The van der Waals surface area contributed by atoms with Crippen LogP contribution in [0, 0.1) is 0 Å². The summed E-state index contributed by atoms with van der Waals surface area (Å²) in [6.07, 6.45) is 0.307. The molecule has 0 atom stereocenters. The molecule has 1 amide bonds. The normalized spacial score (nSPS) is 11.3. The molecule has 0 radical (unpaired) electrons. The molecule has 0 saturated carbocycles. The van der Waals surface area contributed by atoms with Crippen LogP contribution >= 0.6 is 11.3 Å². The molecule has 0 unspecified atom stereocenters. The Morgan fingerprint density at radius 2 is 2.05 bits per heavy atom. The lowest BCUT2D eigenvalue weighted by Gasteiger charge is -2.14. The van der Waals surface area contributed by atoms with E-state index < -0.39 is 0 Å². The molecule has 0 fully saturated rings. The predicted octanol–water partition coefficient (Wildman–Crippen LogP) is 3.31. The molecule has 0 aliphatic rings. The highest BCUT2D eigenvalue weighted by molar-refractivity contribution is 7.09. The van der Waals surface area contributed by atoms with E-state index in [-0.39, 0.29) is 11.3 Å². The minimum Gasteiger partial charge on any atom is -0.496 e. The van der Waals surface area contributed by atoms with Gasteiger partial charge in [-0.2, -0.15) is 0 Å². The number of amides is 1. The Morgan fingerprint density at radius 1 is 1.32 bits per heavy atom. The number of hydrogen-bond acceptors (Lipinski definition) is 4. The minimum atomic E-state index is -0.0305. The van der Waals surface area contributed by atoms with Crippen molar-refractivity contribution >= 4 is 17.2 Å². The van der Waals surface area contributed by atoms with Crippen LogP contribution in [-0.4, -0.2) is 18.0 Å². The second-order valence-electron chi connectivity index (χ2n) is 6.14. The van der Waals surface area contributed by atoms with Gasteiger partial charge in [0.2, 0.25) is 5.91 Å². The summed E-state index contributed by atoms with van der Waals surface area (Å²) in [5.74, 6) is 0.707. The lowest BCUT2D eigenvalue weighted by Crippen LogP contribution is -2.24. The third-order valence-electron chi connectivity index (χ3n) is 3.30. The zero-order valence-electron chi connectivity index (χ0n) is 13.5. The van der Waals surface area contributed by atoms with E-state index in [0.29, 0.717) is 13.0 Å². The Labute approximate surface area is 135 Å². The first-order valence-corrected chi connectivity index (χ1v) is 8.11. The summed E-state index contributed by atoms with van der Waals surface area (Å²) in [6, 6.07) is 7.56. The van der Waals surface area contributed by atoms with Crippen LogP contribution < -0.4 is 10.1 Å². The number of rotatable bonds is 5. The fraction of sp³-hybridized carbons (Fsp3) is 0.412. The number of nitrogens with zero attached hydrogens (tertiary/aromatic N) is 1. The highest BCUT2D eigenvalue weighted by atomic mass is 32.1. The zero-order valence-corrected chi connectivity index (χ0v) is 14.3. The molecule has 2 rings (SSSR count). The molecule has 1 aromatic carbocycles. The standard InChI is InChI=1S/C17H22N2O2S/c1-17(2,3)14-11-22-16(19-14)10-18-15(20)9-12-7-5-6-8-13(12)21-4/h5-8,11H,9-10H2,1-4H3,(H,18,20). The maximum Gasteiger partial charge on any atom is 0.224 e. The Morgan fingerprint density at radius 3 is 2.68 bits per heavy atom. The summed E-state index contributed by atoms with van der Waals surface area (Å²) in [6.45, 7) is 6.86. The second-order valence-corrected chi connectivity index (χ2v) is 7.08. The number of ether oxygens (including phenoxy) is 1. The molecule has 22 heavy (non-hydrogen) atoms. The predicted molar refractivity (Wildman–Crippen MR) is 89.4 cm³/mol. The average Bonchev–Trinajstić information content (AvgIpc) is 2.95. The van der Waals surface area contributed by atoms with Crippen LogP contribution in [0.4, 0.5) is 0 Å². The van der Waals surface area contributed by atoms with Gasteiger partial charge in [0.1, 0.15) is 10.8 Å². The van der Waals surface area contributed by atoms with Crippen molar-refractivity contribution in [3.8, 4) is 5.75 Å². The van der Waals surface area contributed by atoms with Crippen molar-refractivity contribution in [1.82, 2.24) is 10.3 Å². The van der Waals surface area contributed by atoms with E-state index in [1.165, 1.54) is 0 Å². The third kappa shape index (κ3) is 4.31. The number of carbonyl (C=O) groups is 1. The number of aromatic nitrogens is 1. The summed E-state index contributed by atoms with van der Waals surface area (Å²) < 4.78 is 5.26. The number of carbonyl (C=O) groups excluding carboxylic acids is 1. The lowest BCUT2D eigenvalue weighted by atomic mass is 9.93. The van der Waals surface area contributed by atoms with Crippen molar-refractivity contribution in [2.24, 2.45) is 0 Å². The SMILES string of the molecule is COc1ccccc1CC(=O)NCc1nc(C(C)(C)C)cs1. The molecule has 0 bridgehead atoms. The Hall–Kier alpha value is -1.88. The molecule has 4 nitrogen and oxygen atoms in total. The molecule has 0 spiro atoms. The molecule has 1 heterocycles. The molecular formula is C17H22N2O2S. The van der Waals surface area contributed by atoms with Crippen molar-refractivity contribution in [2.45, 2.75) is 39.2 Å². The van der Waals surface area contributed by atoms with E-state index in [4.69, 9.17) is 4.74 Å². The van der Waals surface area contributed by atoms with E-state index in [1.807, 2.05) is 24.3 Å². The van der Waals surface area contributed by atoms with E-state index in [1.54, 1.807) is 18.4 Å². The van der Waals surface area contributed by atoms with Gasteiger partial charge in [-0.3, -0.25) is 4.79 Å². The van der Waals surface area contributed by atoms with Gasteiger partial charge in [0.25, 0.3) is 0 Å². The van der Waals surface area contributed by atoms with Crippen LogP contribution in [-0.2, 0) is 23.2 Å². The van der Waals surface area contributed by atoms with E-state index in [2.05, 4.69) is 36.5 Å². The molecule has 0 aliphatic heterocycles. The zero-order chi connectivity index (χ0) is 16.2. The van der Waals surface area contributed by atoms with Gasteiger partial charge in [-0.25, -0.2) is 4.98 Å². The molecule has 1 aromatic heterocycles. The van der Waals surface area contributed by atoms with Crippen molar-refractivity contribution in [3.05, 3.63) is 45.9 Å². The van der Waals surface area contributed by atoms with Gasteiger partial charge in [0, 0.05) is 16.4 Å². The summed E-state index contributed by atoms with van der Waals surface area (Å²) >= 11 is 1.58. The smallest absolute Gasteiger partial charge is 0.224 e. The van der Waals surface area contributed by atoms with Gasteiger partial charge < -0.3 is 10.1 Å². The fourth-order valence-corrected chi connectivity index (χ4v) is 2.96. The van der Waals surface area contributed by atoms with E-state index in [9.17, 15) is 4.79 Å². The Bertz CT molecular complexity index is 644. The summed E-state index contributed by atoms with van der Waals surface area (Å²) in [7, 11) is 1.61. The highest BCUT2D eigenvalue weighted by Gasteiger charge is 2.17. The first kappa shape index (κ1) is 16.5. The number of hydrogen-bond donors (Lipinski definition) is 1. The maximum absolute atomic E-state index is 12.1. The fourth-order valence-electron chi connectivity index (χ4n) is 2.00. The summed E-state index contributed by atoms with van der Waals surface area (Å²) in [5, 5.41) is 5.90. The number of nitrogens with one attached hydrogen (secondary N) is 1. The van der Waals surface area contributed by atoms with Crippen LogP contribution in [0.1, 0.15) is 37.0 Å². The molecule has 0 saturated heterocycles. The van der Waals surface area contributed by atoms with Gasteiger partial charge in [0.15, 0.2) is 0 Å². The molecule has 5 heteroatoms. The quantitative estimate of drug-likeness (QED) is 0.920. The van der Waals surface area contributed by atoms with E-state index >= 15 is 0 Å². The van der Waals surface area contributed by atoms with Crippen LogP contribution in [0.5, 0.6) is 5.75 Å². The number of benzene rings is 1. The van der Waals surface area contributed by atoms with Crippen molar-refractivity contribution in [1.29, 1.82) is 0 Å². The van der Waals surface area contributed by atoms with Crippen molar-refractivity contribution in [3.63, 3.8) is 0 Å². The van der Waals surface area contributed by atoms with Gasteiger partial charge in [-0.05, 0) is 6.07 Å². The van der Waals surface area contributed by atoms with Gasteiger partial charge in [0.05, 0.1) is 25.8 Å². The minimum absolute atomic E-state index is 0.0305. The van der Waals surface area contributed by atoms with Crippen LogP contribution in [0.2, 0.25) is 0 Å². The number of para-hydroxylation sites is 1. The Kier molecular flexibility index (Phi) is 5.19. The molecule has 118 valence electrons. The van der Waals surface area contributed by atoms with Crippen LogP contribution in [0.3, 0.4) is 0 Å². The van der Waals surface area contributed by atoms with Crippen molar-refractivity contribution < 1.29 is 9.53 Å². The van der Waals surface area contributed by atoms with Crippen LogP contribution in [0.25, 0.3) is 0 Å². The number of thiazole rings is 1. The summed E-state index contributed by atoms with van der Waals surface area (Å²) in [5.41, 5.74) is 1.99. The highest BCUT2D eigenvalue weighted by Crippen LogP contribution is 2.23. The lowest BCUT2D eigenvalue weighted by molar-refractivity contribution is -0.120. The number of methoxy groups -OCH3 is 1. The van der Waals surface area contributed by atoms with Gasteiger partial charge in [-0.15, -0.1) is 11.3 Å². The van der Waals surface area contributed by atoms with Crippen molar-refractivity contribution in [2.75, 3.05) is 7.11 Å². The monoisotopic (exact) mass is 318 g/mol. The maximum atomic E-state index is 12.1. The molecule has 0 aliphatic carbocycles. The first-order chi connectivity index (χ1) is 10.4. The topological polar surface area (TPSA) is 51.2 Å². The first-order valence-electron chi connectivity index (χ1n) is 7.23. The van der Waals surface area contributed by atoms with Gasteiger partial charge >= 0.3 is 0 Å². The van der Waals surface area contributed by atoms with Crippen LogP contribution in [0.15, 0.2) is 29.6 Å². The third-order valence-corrected chi connectivity index (χ3v) is 4.15. The molecule has 1 N–H and O–H groups in total. The summed E-state index contributed by atoms with van der Waals surface area (Å²) in [4.78, 5) is 16.6. The average molecular weight is 318 g/mol. The molecular weight excluding hydrogens is 296 g/mol.